The smallest absolute Gasteiger partial charge is 0.190 e. The van der Waals surface area contributed by atoms with Crippen molar-refractivity contribution in [2.45, 2.75) is 32.2 Å². The third-order valence-electron chi connectivity index (χ3n) is 4.31. The van der Waals surface area contributed by atoms with Crippen LogP contribution in [0.25, 0.3) is 10.9 Å². The number of rotatable bonds is 7. The lowest BCUT2D eigenvalue weighted by Crippen LogP contribution is -2.38. The van der Waals surface area contributed by atoms with Crippen LogP contribution in [0, 0.1) is 5.92 Å². The van der Waals surface area contributed by atoms with Gasteiger partial charge in [-0.1, -0.05) is 31.0 Å². The van der Waals surface area contributed by atoms with E-state index in [1.165, 1.54) is 30.2 Å². The second-order valence-electron chi connectivity index (χ2n) is 6.08. The standard InChI is InChI=1S/C18H26N4.HI/c1-19-18(21-12-9-15-7-8-15)20-11-4-13-22-14-10-16-5-2-3-6-17(16)22;/h2-3,5-6,10,14-15H,4,7-9,11-13H2,1H3,(H2,19,20,21);1H. The van der Waals surface area contributed by atoms with Gasteiger partial charge in [-0.2, -0.15) is 0 Å². The predicted octanol–water partition coefficient (Wildman–Crippen LogP) is 3.61. The molecule has 126 valence electrons. The van der Waals surface area contributed by atoms with Crippen LogP contribution in [-0.4, -0.2) is 30.7 Å². The van der Waals surface area contributed by atoms with Gasteiger partial charge >= 0.3 is 0 Å². The molecule has 0 unspecified atom stereocenters. The second-order valence-corrected chi connectivity index (χ2v) is 6.08. The molecule has 1 aromatic carbocycles. The van der Waals surface area contributed by atoms with E-state index in [1.54, 1.807) is 0 Å². The van der Waals surface area contributed by atoms with Crippen molar-refractivity contribution >= 4 is 40.8 Å². The maximum absolute atomic E-state index is 4.28. The first-order chi connectivity index (χ1) is 10.9. The molecule has 0 radical (unpaired) electrons. The van der Waals surface area contributed by atoms with E-state index in [4.69, 9.17) is 0 Å². The van der Waals surface area contributed by atoms with E-state index >= 15 is 0 Å². The molecule has 5 heteroatoms. The summed E-state index contributed by atoms with van der Waals surface area (Å²) in [5.74, 6) is 1.89. The van der Waals surface area contributed by atoms with Crippen LogP contribution < -0.4 is 10.6 Å². The van der Waals surface area contributed by atoms with Crippen molar-refractivity contribution in [2.24, 2.45) is 10.9 Å². The van der Waals surface area contributed by atoms with Gasteiger partial charge in [-0.05, 0) is 36.3 Å². The van der Waals surface area contributed by atoms with Crippen LogP contribution in [0.15, 0.2) is 41.5 Å². The molecular formula is C18H27IN4. The summed E-state index contributed by atoms with van der Waals surface area (Å²) in [4.78, 5) is 4.28. The van der Waals surface area contributed by atoms with Crippen molar-refractivity contribution < 1.29 is 0 Å². The molecule has 23 heavy (non-hydrogen) atoms. The lowest BCUT2D eigenvalue weighted by atomic mass is 10.2. The third kappa shape index (κ3) is 5.41. The van der Waals surface area contributed by atoms with Crippen LogP contribution in [0.2, 0.25) is 0 Å². The Bertz CT molecular complexity index is 631. The average molecular weight is 426 g/mol. The lowest BCUT2D eigenvalue weighted by molar-refractivity contribution is 0.634. The molecule has 2 aromatic rings. The fraction of sp³-hybridized carbons (Fsp3) is 0.500. The topological polar surface area (TPSA) is 41.4 Å². The molecule has 0 aliphatic heterocycles. The van der Waals surface area contributed by atoms with Crippen molar-refractivity contribution in [2.75, 3.05) is 20.1 Å². The van der Waals surface area contributed by atoms with Crippen molar-refractivity contribution in [3.63, 3.8) is 0 Å². The zero-order valence-electron chi connectivity index (χ0n) is 13.8. The number of guanidine groups is 1. The van der Waals surface area contributed by atoms with Crippen LogP contribution in [0.3, 0.4) is 0 Å². The van der Waals surface area contributed by atoms with Gasteiger partial charge < -0.3 is 15.2 Å². The van der Waals surface area contributed by atoms with Crippen LogP contribution in [0.1, 0.15) is 25.7 Å². The monoisotopic (exact) mass is 426 g/mol. The number of aryl methyl sites for hydroxylation is 1. The SMILES string of the molecule is CN=C(NCCCn1ccc2ccccc21)NCCC1CC1.I. The van der Waals surface area contributed by atoms with E-state index in [0.717, 1.165) is 37.9 Å². The quantitative estimate of drug-likeness (QED) is 0.308. The van der Waals surface area contributed by atoms with Crippen LogP contribution in [-0.2, 0) is 6.54 Å². The van der Waals surface area contributed by atoms with Crippen molar-refractivity contribution in [1.29, 1.82) is 0 Å². The molecule has 1 aliphatic rings. The van der Waals surface area contributed by atoms with Crippen LogP contribution in [0.4, 0.5) is 0 Å². The van der Waals surface area contributed by atoms with E-state index in [1.807, 2.05) is 7.05 Å². The number of para-hydroxylation sites is 1. The molecule has 1 heterocycles. The highest BCUT2D eigenvalue weighted by Crippen LogP contribution is 2.31. The first-order valence-corrected chi connectivity index (χ1v) is 8.35. The Morgan fingerprint density at radius 3 is 2.74 bits per heavy atom. The Labute approximate surface area is 155 Å². The van der Waals surface area contributed by atoms with E-state index in [9.17, 15) is 0 Å². The Morgan fingerprint density at radius 2 is 1.96 bits per heavy atom. The molecule has 0 saturated heterocycles. The van der Waals surface area contributed by atoms with Gasteiger partial charge in [-0.15, -0.1) is 24.0 Å². The predicted molar refractivity (Wildman–Crippen MR) is 109 cm³/mol. The number of benzene rings is 1. The van der Waals surface area contributed by atoms with Gasteiger partial charge in [0, 0.05) is 38.4 Å². The minimum absolute atomic E-state index is 0. The molecule has 0 amide bonds. The average Bonchev–Trinajstić information content (AvgIpc) is 3.29. The van der Waals surface area contributed by atoms with Crippen molar-refractivity contribution in [3.8, 4) is 0 Å². The zero-order chi connectivity index (χ0) is 15.2. The molecule has 0 spiro atoms. The summed E-state index contributed by atoms with van der Waals surface area (Å²) in [5, 5.41) is 8.11. The van der Waals surface area contributed by atoms with E-state index in [0.29, 0.717) is 0 Å². The molecule has 3 rings (SSSR count). The van der Waals surface area contributed by atoms with Gasteiger partial charge in [0.1, 0.15) is 0 Å². The number of nitrogens with zero attached hydrogens (tertiary/aromatic N) is 2. The van der Waals surface area contributed by atoms with Gasteiger partial charge in [0.15, 0.2) is 5.96 Å². The highest BCUT2D eigenvalue weighted by Gasteiger charge is 2.20. The second kappa shape index (κ2) is 9.15. The van der Waals surface area contributed by atoms with Gasteiger partial charge in [-0.3, -0.25) is 4.99 Å². The minimum atomic E-state index is 0. The number of halogens is 1. The number of hydrogen-bond donors (Lipinski definition) is 2. The maximum Gasteiger partial charge on any atom is 0.190 e. The summed E-state index contributed by atoms with van der Waals surface area (Å²) in [6.45, 7) is 3.00. The Kier molecular flexibility index (Phi) is 7.20. The fourth-order valence-electron chi connectivity index (χ4n) is 2.81. The maximum atomic E-state index is 4.28. The number of aliphatic imine (C=N–C) groups is 1. The van der Waals surface area contributed by atoms with Gasteiger partial charge in [0.2, 0.25) is 0 Å². The first-order valence-electron chi connectivity index (χ1n) is 8.35. The summed E-state index contributed by atoms with van der Waals surface area (Å²) < 4.78 is 2.32. The van der Waals surface area contributed by atoms with E-state index in [-0.39, 0.29) is 24.0 Å². The molecule has 1 saturated carbocycles. The first kappa shape index (κ1) is 18.1. The molecule has 2 N–H and O–H groups in total. The van der Waals surface area contributed by atoms with Gasteiger partial charge in [0.25, 0.3) is 0 Å². The van der Waals surface area contributed by atoms with Crippen molar-refractivity contribution in [3.05, 3.63) is 36.5 Å². The Balaban J connectivity index is 0.00000192. The molecule has 0 bridgehead atoms. The third-order valence-corrected chi connectivity index (χ3v) is 4.31. The van der Waals surface area contributed by atoms with E-state index in [2.05, 4.69) is 56.7 Å². The molecule has 1 aromatic heterocycles. The van der Waals surface area contributed by atoms with Crippen molar-refractivity contribution in [1.82, 2.24) is 15.2 Å². The summed E-state index contributed by atoms with van der Waals surface area (Å²) in [7, 11) is 1.84. The van der Waals surface area contributed by atoms with E-state index < -0.39 is 0 Å². The molecular weight excluding hydrogens is 399 g/mol. The number of fused-ring (bicyclic) bond motifs is 1. The van der Waals surface area contributed by atoms with Crippen LogP contribution >= 0.6 is 24.0 Å². The lowest BCUT2D eigenvalue weighted by Gasteiger charge is -2.12. The highest BCUT2D eigenvalue weighted by atomic mass is 127. The summed E-state index contributed by atoms with van der Waals surface area (Å²) >= 11 is 0. The normalized spacial score (nSPS) is 14.6. The zero-order valence-corrected chi connectivity index (χ0v) is 16.1. The number of nitrogens with one attached hydrogen (secondary N) is 2. The van der Waals surface area contributed by atoms with Crippen LogP contribution in [0.5, 0.6) is 0 Å². The molecule has 4 nitrogen and oxygen atoms in total. The summed E-state index contributed by atoms with van der Waals surface area (Å²) in [6, 6.07) is 10.7. The number of hydrogen-bond acceptors (Lipinski definition) is 1. The largest absolute Gasteiger partial charge is 0.356 e. The van der Waals surface area contributed by atoms with Gasteiger partial charge in [-0.25, -0.2) is 0 Å². The minimum Gasteiger partial charge on any atom is -0.356 e. The Morgan fingerprint density at radius 1 is 1.17 bits per heavy atom. The molecule has 0 atom stereocenters. The Hall–Kier alpha value is -1.24. The summed E-state index contributed by atoms with van der Waals surface area (Å²) in [6.07, 6.45) is 7.36. The molecule has 1 fully saturated rings. The molecule has 1 aliphatic carbocycles. The van der Waals surface area contributed by atoms with Gasteiger partial charge in [0.05, 0.1) is 0 Å². The number of aromatic nitrogens is 1. The fourth-order valence-corrected chi connectivity index (χ4v) is 2.81. The highest BCUT2D eigenvalue weighted by molar-refractivity contribution is 14.0. The summed E-state index contributed by atoms with van der Waals surface area (Å²) in [5.41, 5.74) is 1.31.